The Hall–Kier alpha value is -2.67. The molecule has 7 heteroatoms. The first kappa shape index (κ1) is 17.2. The van der Waals surface area contributed by atoms with Crippen molar-refractivity contribution in [3.05, 3.63) is 63.1 Å². The molecule has 1 aromatic heterocycles. The molecule has 0 radical (unpaired) electrons. The van der Waals surface area contributed by atoms with Crippen LogP contribution >= 0.6 is 15.9 Å². The summed E-state index contributed by atoms with van der Waals surface area (Å²) in [7, 11) is 3.02. The molecule has 0 fully saturated rings. The van der Waals surface area contributed by atoms with Crippen LogP contribution in [0, 0.1) is 0 Å². The first-order valence-corrected chi connectivity index (χ1v) is 8.22. The highest BCUT2D eigenvalue weighted by molar-refractivity contribution is 9.10. The van der Waals surface area contributed by atoms with E-state index in [-0.39, 0.29) is 17.9 Å². The molecule has 128 valence electrons. The second kappa shape index (κ2) is 7.06. The highest BCUT2D eigenvalue weighted by Gasteiger charge is 2.15. The Bertz CT molecular complexity index is 1010. The van der Waals surface area contributed by atoms with Crippen LogP contribution in [0.5, 0.6) is 11.5 Å². The summed E-state index contributed by atoms with van der Waals surface area (Å²) in [6, 6.07) is 10.2. The number of Topliss-reactive ketones (excluding diaryl/α,β-unsaturated/α-hetero) is 1. The number of ketones is 1. The predicted molar refractivity (Wildman–Crippen MR) is 97.6 cm³/mol. The van der Waals surface area contributed by atoms with Gasteiger partial charge in [0.25, 0.3) is 5.56 Å². The fraction of sp³-hybridized carbons (Fsp3) is 0.167. The van der Waals surface area contributed by atoms with E-state index < -0.39 is 0 Å². The number of benzene rings is 2. The summed E-state index contributed by atoms with van der Waals surface area (Å²) in [4.78, 5) is 29.5. The van der Waals surface area contributed by atoms with Crippen molar-refractivity contribution in [1.29, 1.82) is 0 Å². The Morgan fingerprint density at radius 2 is 1.96 bits per heavy atom. The largest absolute Gasteiger partial charge is 0.497 e. The van der Waals surface area contributed by atoms with Gasteiger partial charge in [0.2, 0.25) is 0 Å². The number of fused-ring (bicyclic) bond motifs is 1. The first-order chi connectivity index (χ1) is 12.0. The number of hydrogen-bond acceptors (Lipinski definition) is 5. The Balaban J connectivity index is 1.97. The fourth-order valence-electron chi connectivity index (χ4n) is 2.51. The van der Waals surface area contributed by atoms with Gasteiger partial charge in [0.05, 0.1) is 43.6 Å². The van der Waals surface area contributed by atoms with Crippen molar-refractivity contribution >= 4 is 32.6 Å². The summed E-state index contributed by atoms with van der Waals surface area (Å²) >= 11 is 3.34. The maximum absolute atomic E-state index is 12.6. The molecule has 25 heavy (non-hydrogen) atoms. The van der Waals surface area contributed by atoms with Crippen molar-refractivity contribution in [2.75, 3.05) is 14.2 Å². The van der Waals surface area contributed by atoms with E-state index in [1.807, 2.05) is 6.07 Å². The van der Waals surface area contributed by atoms with Gasteiger partial charge < -0.3 is 9.47 Å². The van der Waals surface area contributed by atoms with Gasteiger partial charge in [-0.15, -0.1) is 0 Å². The Morgan fingerprint density at radius 1 is 1.16 bits per heavy atom. The maximum atomic E-state index is 12.6. The number of aromatic nitrogens is 2. The van der Waals surface area contributed by atoms with Gasteiger partial charge in [-0.2, -0.15) is 0 Å². The van der Waals surface area contributed by atoms with E-state index in [2.05, 4.69) is 20.9 Å². The molecule has 0 aliphatic carbocycles. The molecule has 1 heterocycles. The average molecular weight is 403 g/mol. The molecule has 6 nitrogen and oxygen atoms in total. The molecule has 0 bridgehead atoms. The molecular weight excluding hydrogens is 388 g/mol. The number of carbonyl (C=O) groups is 1. The lowest BCUT2D eigenvalue weighted by molar-refractivity contribution is 0.0967. The summed E-state index contributed by atoms with van der Waals surface area (Å²) in [5.74, 6) is 0.731. The monoisotopic (exact) mass is 402 g/mol. The van der Waals surface area contributed by atoms with Gasteiger partial charge in [0.1, 0.15) is 11.5 Å². The number of nitrogens with zero attached hydrogens (tertiary/aromatic N) is 2. The van der Waals surface area contributed by atoms with Crippen LogP contribution in [-0.4, -0.2) is 29.6 Å². The van der Waals surface area contributed by atoms with E-state index in [0.29, 0.717) is 28.0 Å². The zero-order valence-corrected chi connectivity index (χ0v) is 15.2. The van der Waals surface area contributed by atoms with Crippen LogP contribution in [0.2, 0.25) is 0 Å². The molecule has 0 aliphatic rings. The third kappa shape index (κ3) is 3.41. The number of ether oxygens (including phenoxy) is 2. The van der Waals surface area contributed by atoms with Crippen LogP contribution in [0.3, 0.4) is 0 Å². The van der Waals surface area contributed by atoms with E-state index in [4.69, 9.17) is 9.47 Å². The zero-order chi connectivity index (χ0) is 18.0. The van der Waals surface area contributed by atoms with Gasteiger partial charge >= 0.3 is 0 Å². The van der Waals surface area contributed by atoms with Gasteiger partial charge in [-0.1, -0.05) is 15.9 Å². The van der Waals surface area contributed by atoms with E-state index in [1.54, 1.807) is 30.3 Å². The van der Waals surface area contributed by atoms with E-state index in [9.17, 15) is 9.59 Å². The summed E-state index contributed by atoms with van der Waals surface area (Å²) < 4.78 is 12.5. The summed E-state index contributed by atoms with van der Waals surface area (Å²) in [6.45, 7) is -0.128. The number of methoxy groups -OCH3 is 2. The summed E-state index contributed by atoms with van der Waals surface area (Å²) in [5, 5.41) is 0.450. The Morgan fingerprint density at radius 3 is 2.68 bits per heavy atom. The molecule has 0 unspecified atom stereocenters. The van der Waals surface area contributed by atoms with Gasteiger partial charge in [0, 0.05) is 10.5 Å². The zero-order valence-electron chi connectivity index (χ0n) is 13.7. The minimum Gasteiger partial charge on any atom is -0.497 e. The lowest BCUT2D eigenvalue weighted by Gasteiger charge is -2.11. The van der Waals surface area contributed by atoms with Crippen LogP contribution in [0.15, 0.2) is 52.0 Å². The SMILES string of the molecule is COc1ccc(C(=O)Cn2cnc3ccc(Br)cc3c2=O)c(OC)c1. The maximum Gasteiger partial charge on any atom is 0.261 e. The molecule has 0 aliphatic heterocycles. The quantitative estimate of drug-likeness (QED) is 0.613. The second-order valence-corrected chi connectivity index (χ2v) is 6.24. The molecule has 0 N–H and O–H groups in total. The molecule has 3 rings (SSSR count). The van der Waals surface area contributed by atoms with Gasteiger partial charge in [-0.25, -0.2) is 4.98 Å². The number of halogens is 1. The van der Waals surface area contributed by atoms with E-state index in [0.717, 1.165) is 4.47 Å². The molecule has 3 aromatic rings. The second-order valence-electron chi connectivity index (χ2n) is 5.33. The minimum atomic E-state index is -0.271. The summed E-state index contributed by atoms with van der Waals surface area (Å²) in [6.07, 6.45) is 1.38. The first-order valence-electron chi connectivity index (χ1n) is 7.43. The van der Waals surface area contributed by atoms with Crippen LogP contribution in [0.25, 0.3) is 10.9 Å². The highest BCUT2D eigenvalue weighted by Crippen LogP contribution is 2.25. The standard InChI is InChI=1S/C18H15BrN2O4/c1-24-12-4-5-13(17(8-12)25-2)16(22)9-21-10-20-15-6-3-11(19)7-14(15)18(21)23/h3-8,10H,9H2,1-2H3. The lowest BCUT2D eigenvalue weighted by Crippen LogP contribution is -2.25. The normalized spacial score (nSPS) is 10.7. The third-order valence-corrected chi connectivity index (χ3v) is 4.30. The van der Waals surface area contributed by atoms with Crippen molar-refractivity contribution in [3.8, 4) is 11.5 Å². The minimum absolute atomic E-state index is 0.128. The number of hydrogen-bond donors (Lipinski definition) is 0. The predicted octanol–water partition coefficient (Wildman–Crippen LogP) is 3.06. The van der Waals surface area contributed by atoms with Crippen molar-refractivity contribution in [3.63, 3.8) is 0 Å². The van der Waals surface area contributed by atoms with Crippen molar-refractivity contribution in [2.24, 2.45) is 0 Å². The van der Waals surface area contributed by atoms with Crippen LogP contribution in [0.1, 0.15) is 10.4 Å². The van der Waals surface area contributed by atoms with Crippen molar-refractivity contribution < 1.29 is 14.3 Å². The van der Waals surface area contributed by atoms with Crippen molar-refractivity contribution in [1.82, 2.24) is 9.55 Å². The van der Waals surface area contributed by atoms with Gasteiger partial charge in [-0.05, 0) is 30.3 Å². The van der Waals surface area contributed by atoms with Crippen LogP contribution < -0.4 is 15.0 Å². The lowest BCUT2D eigenvalue weighted by atomic mass is 10.1. The highest BCUT2D eigenvalue weighted by atomic mass is 79.9. The fourth-order valence-corrected chi connectivity index (χ4v) is 2.87. The van der Waals surface area contributed by atoms with Crippen LogP contribution in [-0.2, 0) is 6.54 Å². The topological polar surface area (TPSA) is 70.4 Å². The molecule has 0 saturated heterocycles. The molecule has 0 spiro atoms. The molecule has 2 aromatic carbocycles. The smallest absolute Gasteiger partial charge is 0.261 e. The van der Waals surface area contributed by atoms with E-state index >= 15 is 0 Å². The van der Waals surface area contributed by atoms with Crippen molar-refractivity contribution in [2.45, 2.75) is 6.54 Å². The Labute approximate surface area is 152 Å². The Kier molecular flexibility index (Phi) is 4.85. The van der Waals surface area contributed by atoms with Gasteiger partial charge in [-0.3, -0.25) is 14.2 Å². The molecule has 0 atom stereocenters. The number of rotatable bonds is 5. The molecule has 0 saturated carbocycles. The summed E-state index contributed by atoms with van der Waals surface area (Å²) in [5.41, 5.74) is 0.690. The molecular formula is C18H15BrN2O4. The van der Waals surface area contributed by atoms with E-state index in [1.165, 1.54) is 25.1 Å². The van der Waals surface area contributed by atoms with Gasteiger partial charge in [0.15, 0.2) is 5.78 Å². The average Bonchev–Trinajstić information content (AvgIpc) is 2.63. The third-order valence-electron chi connectivity index (χ3n) is 3.81. The van der Waals surface area contributed by atoms with Crippen LogP contribution in [0.4, 0.5) is 0 Å². The number of carbonyl (C=O) groups excluding carboxylic acids is 1. The molecule has 0 amide bonds.